The first kappa shape index (κ1) is 37.1. The number of nitrogens with zero attached hydrogens (tertiary/aromatic N) is 1. The van der Waals surface area contributed by atoms with Crippen LogP contribution in [0.2, 0.25) is 0 Å². The van der Waals surface area contributed by atoms with Crippen LogP contribution < -0.4 is 0 Å². The summed E-state index contributed by atoms with van der Waals surface area (Å²) < 4.78 is 32.8. The van der Waals surface area contributed by atoms with Gasteiger partial charge in [0.25, 0.3) is 0 Å². The minimum Gasteiger partial charge on any atom is -0.744 e. The van der Waals surface area contributed by atoms with Gasteiger partial charge in [-0.2, -0.15) is 0 Å². The van der Waals surface area contributed by atoms with E-state index >= 15 is 0 Å². The second-order valence-electron chi connectivity index (χ2n) is 12.3. The smallest absolute Gasteiger partial charge is 0.124 e. The molecule has 0 saturated heterocycles. The van der Waals surface area contributed by atoms with E-state index in [0.29, 0.717) is 5.56 Å². The average Bonchev–Trinajstić information content (AvgIpc) is 2.93. The lowest BCUT2D eigenvalue weighted by atomic mass is 10.0. The Kier molecular flexibility index (Phi) is 19.7. The highest BCUT2D eigenvalue weighted by Crippen LogP contribution is 2.20. The lowest BCUT2D eigenvalue weighted by Crippen LogP contribution is -2.42. The highest BCUT2D eigenvalue weighted by molar-refractivity contribution is 7.85. The van der Waals surface area contributed by atoms with Crippen LogP contribution in [0, 0.1) is 6.92 Å². The van der Waals surface area contributed by atoms with Gasteiger partial charge in [0.05, 0.1) is 32.1 Å². The molecule has 2 rings (SSSR count). The molecule has 2 aromatic carbocycles. The predicted octanol–water partition coefficient (Wildman–Crippen LogP) is 9.17. The van der Waals surface area contributed by atoms with Gasteiger partial charge in [-0.15, -0.1) is 0 Å². The number of phenolic OH excluding ortho intramolecular Hbond substituents is 1. The predicted molar refractivity (Wildman–Crippen MR) is 172 cm³/mol. The van der Waals surface area contributed by atoms with Gasteiger partial charge in [-0.05, 0) is 43.0 Å². The summed E-state index contributed by atoms with van der Waals surface area (Å²) in [7, 11) is 0.328. The van der Waals surface area contributed by atoms with E-state index in [9.17, 15) is 13.0 Å². The molecule has 5 nitrogen and oxygen atoms in total. The van der Waals surface area contributed by atoms with Gasteiger partial charge in [0.2, 0.25) is 0 Å². The number of rotatable bonds is 21. The number of hydrogen-bond donors (Lipinski definition) is 1. The minimum atomic E-state index is -4.47. The van der Waals surface area contributed by atoms with Crippen LogP contribution >= 0.6 is 0 Å². The summed E-state index contributed by atoms with van der Waals surface area (Å²) in [5, 5.41) is 8.90. The van der Waals surface area contributed by atoms with Crippen molar-refractivity contribution in [3.05, 3.63) is 59.7 Å². The molecule has 0 bridgehead atoms. The van der Waals surface area contributed by atoms with E-state index in [1.54, 1.807) is 0 Å². The summed E-state index contributed by atoms with van der Waals surface area (Å²) >= 11 is 0. The van der Waals surface area contributed by atoms with Crippen molar-refractivity contribution in [2.75, 3.05) is 27.2 Å². The molecular weight excluding hydrogens is 530 g/mol. The largest absolute Gasteiger partial charge is 0.744 e. The molecule has 0 unspecified atom stereocenters. The van der Waals surface area contributed by atoms with Gasteiger partial charge in [0.1, 0.15) is 15.9 Å². The van der Waals surface area contributed by atoms with Crippen LogP contribution in [0.15, 0.2) is 53.4 Å². The van der Waals surface area contributed by atoms with Gasteiger partial charge in [0, 0.05) is 6.42 Å². The molecule has 0 fully saturated rings. The second-order valence-corrected chi connectivity index (χ2v) is 13.7. The van der Waals surface area contributed by atoms with Crippen molar-refractivity contribution >= 4 is 10.1 Å². The molecule has 41 heavy (non-hydrogen) atoms. The highest BCUT2D eigenvalue weighted by atomic mass is 32.2. The fraction of sp³-hybridized carbons (Fsp3) is 0.657. The standard InChI is InChI=1S/C28H52N.C7H8O4S/c1-4-5-6-7-8-9-10-11-12-13-14-15-16-17-18-22-26-29(2,3)27-25-28-23-20-19-21-24-28;1-5-2-3-6(8)4-7(5)12(9,10)11/h19-21,23-24H,4-18,22,25-27H2,1-3H3;2-4,8H,1H3,(H,9,10,11)/q+1;/p-1. The van der Waals surface area contributed by atoms with Crippen LogP contribution in [-0.2, 0) is 16.5 Å². The third kappa shape index (κ3) is 19.8. The lowest BCUT2D eigenvalue weighted by molar-refractivity contribution is -0.890. The Morgan fingerprint density at radius 1 is 0.683 bits per heavy atom. The van der Waals surface area contributed by atoms with Crippen molar-refractivity contribution in [2.24, 2.45) is 0 Å². The first-order valence-electron chi connectivity index (χ1n) is 16.2. The summed E-state index contributed by atoms with van der Waals surface area (Å²) in [6, 6.07) is 14.6. The Labute approximate surface area is 252 Å². The molecule has 6 heteroatoms. The monoisotopic (exact) mass is 589 g/mol. The van der Waals surface area contributed by atoms with E-state index in [1.165, 1.54) is 147 Å². The number of phenols is 1. The van der Waals surface area contributed by atoms with Crippen LogP contribution in [0.5, 0.6) is 5.75 Å². The number of hydrogen-bond acceptors (Lipinski definition) is 4. The van der Waals surface area contributed by atoms with E-state index in [4.69, 9.17) is 5.11 Å². The highest BCUT2D eigenvalue weighted by Gasteiger charge is 2.14. The lowest BCUT2D eigenvalue weighted by Gasteiger charge is -2.30. The molecule has 0 aromatic heterocycles. The summed E-state index contributed by atoms with van der Waals surface area (Å²) in [4.78, 5) is -0.373. The fourth-order valence-electron chi connectivity index (χ4n) is 5.13. The van der Waals surface area contributed by atoms with Crippen molar-refractivity contribution in [1.29, 1.82) is 0 Å². The quantitative estimate of drug-likeness (QED) is 0.0894. The Bertz CT molecular complexity index is 1020. The Balaban J connectivity index is 0.000000580. The van der Waals surface area contributed by atoms with Crippen LogP contribution in [0.25, 0.3) is 0 Å². The van der Waals surface area contributed by atoms with E-state index in [2.05, 4.69) is 51.4 Å². The zero-order valence-corrected chi connectivity index (χ0v) is 27.4. The molecule has 2 aromatic rings. The number of aryl methyl sites for hydroxylation is 1. The molecule has 0 aliphatic rings. The normalized spacial score (nSPS) is 11.7. The summed E-state index contributed by atoms with van der Waals surface area (Å²) in [6.07, 6.45) is 24.4. The average molecular weight is 590 g/mol. The fourth-order valence-corrected chi connectivity index (χ4v) is 5.86. The number of unbranched alkanes of at least 4 members (excludes halogenated alkanes) is 15. The maximum atomic E-state index is 10.5. The molecule has 0 aliphatic carbocycles. The minimum absolute atomic E-state index is 0.227. The van der Waals surface area contributed by atoms with E-state index in [-0.39, 0.29) is 10.6 Å². The first-order valence-corrected chi connectivity index (χ1v) is 17.6. The van der Waals surface area contributed by atoms with E-state index in [0.717, 1.165) is 10.5 Å². The van der Waals surface area contributed by atoms with Gasteiger partial charge < -0.3 is 14.1 Å². The number of quaternary nitrogens is 1. The van der Waals surface area contributed by atoms with Crippen LogP contribution in [0.1, 0.15) is 121 Å². The molecular formula is C35H59NO4S. The summed E-state index contributed by atoms with van der Waals surface area (Å²) in [6.45, 7) is 6.37. The van der Waals surface area contributed by atoms with E-state index < -0.39 is 10.1 Å². The van der Waals surface area contributed by atoms with Gasteiger partial charge in [-0.1, -0.05) is 133 Å². The van der Waals surface area contributed by atoms with Crippen LogP contribution in [0.4, 0.5) is 0 Å². The summed E-state index contributed by atoms with van der Waals surface area (Å²) in [5.74, 6) is -0.227. The molecule has 0 atom stereocenters. The summed E-state index contributed by atoms with van der Waals surface area (Å²) in [5.41, 5.74) is 1.81. The molecule has 0 heterocycles. The van der Waals surface area contributed by atoms with Gasteiger partial charge >= 0.3 is 0 Å². The van der Waals surface area contributed by atoms with E-state index in [1.807, 2.05) is 0 Å². The first-order chi connectivity index (χ1) is 19.5. The van der Waals surface area contributed by atoms with Crippen molar-refractivity contribution in [1.82, 2.24) is 0 Å². The van der Waals surface area contributed by atoms with Crippen molar-refractivity contribution in [3.63, 3.8) is 0 Å². The molecule has 234 valence electrons. The maximum absolute atomic E-state index is 10.5. The maximum Gasteiger partial charge on any atom is 0.124 e. The number of likely N-dealkylation sites (N-methyl/N-ethyl adjacent to an activating group) is 1. The zero-order valence-electron chi connectivity index (χ0n) is 26.6. The molecule has 0 spiro atoms. The Morgan fingerprint density at radius 2 is 1.15 bits per heavy atom. The van der Waals surface area contributed by atoms with Crippen molar-refractivity contribution < 1.29 is 22.6 Å². The second kappa shape index (κ2) is 21.8. The topological polar surface area (TPSA) is 77.4 Å². The van der Waals surface area contributed by atoms with Gasteiger partial charge in [0.15, 0.2) is 0 Å². The molecule has 0 aliphatic heterocycles. The Morgan fingerprint density at radius 3 is 1.59 bits per heavy atom. The van der Waals surface area contributed by atoms with Gasteiger partial charge in [-0.3, -0.25) is 0 Å². The zero-order chi connectivity index (χ0) is 30.4. The van der Waals surface area contributed by atoms with Gasteiger partial charge in [-0.25, -0.2) is 8.42 Å². The number of aromatic hydroxyl groups is 1. The number of benzene rings is 2. The van der Waals surface area contributed by atoms with Crippen molar-refractivity contribution in [3.8, 4) is 5.75 Å². The van der Waals surface area contributed by atoms with Crippen LogP contribution in [-0.4, -0.2) is 49.7 Å². The van der Waals surface area contributed by atoms with Crippen molar-refractivity contribution in [2.45, 2.75) is 128 Å². The molecule has 0 saturated carbocycles. The third-order valence-corrected chi connectivity index (χ3v) is 8.89. The third-order valence-electron chi connectivity index (χ3n) is 7.91. The SMILES string of the molecule is CCCCCCCCCCCCCCCCCC[N+](C)(C)CCc1ccccc1.Cc1ccc(O)cc1S(=O)(=O)[O-]. The molecule has 0 radical (unpaired) electrons. The molecule has 1 N–H and O–H groups in total. The van der Waals surface area contributed by atoms with Crippen LogP contribution in [0.3, 0.4) is 0 Å². The Hall–Kier alpha value is -1.89. The molecule has 0 amide bonds.